The van der Waals surface area contributed by atoms with Crippen LogP contribution in [-0.2, 0) is 9.47 Å². The molecule has 15 heavy (non-hydrogen) atoms. The van der Waals surface area contributed by atoms with E-state index in [2.05, 4.69) is 0 Å². The van der Waals surface area contributed by atoms with Gasteiger partial charge in [0.2, 0.25) is 0 Å². The second-order valence-corrected chi connectivity index (χ2v) is 3.44. The molecule has 0 radical (unpaired) electrons. The Labute approximate surface area is 87.6 Å². The van der Waals surface area contributed by atoms with Crippen LogP contribution in [-0.4, -0.2) is 65.7 Å². The van der Waals surface area contributed by atoms with Crippen molar-refractivity contribution >= 4 is 0 Å². The molecule has 1 heterocycles. The molecule has 1 fully saturated rings. The van der Waals surface area contributed by atoms with Crippen LogP contribution in [0.1, 0.15) is 0 Å². The third-order valence-corrected chi connectivity index (χ3v) is 2.33. The molecule has 0 aromatic rings. The fourth-order valence-corrected chi connectivity index (χ4v) is 1.44. The highest BCUT2D eigenvalue weighted by atomic mass is 16.7. The van der Waals surface area contributed by atoms with Crippen LogP contribution in [0.25, 0.3) is 0 Å². The van der Waals surface area contributed by atoms with E-state index in [0.29, 0.717) is 6.54 Å². The van der Waals surface area contributed by atoms with E-state index >= 15 is 0 Å². The Morgan fingerprint density at radius 1 is 1.27 bits per heavy atom. The molecular weight excluding hydrogens is 204 g/mol. The molecule has 1 rings (SSSR count). The largest absolute Gasteiger partial charge is 0.394 e. The third-order valence-electron chi connectivity index (χ3n) is 2.33. The van der Waals surface area contributed by atoms with Crippen molar-refractivity contribution in [1.29, 1.82) is 0 Å². The minimum absolute atomic E-state index is 0.235. The maximum Gasteiger partial charge on any atom is 0.175 e. The second-order valence-electron chi connectivity index (χ2n) is 3.44. The zero-order valence-corrected chi connectivity index (χ0v) is 8.32. The van der Waals surface area contributed by atoms with Crippen molar-refractivity contribution in [3.05, 3.63) is 0 Å². The molecule has 5 atom stereocenters. The van der Waals surface area contributed by atoms with Crippen LogP contribution in [0, 0.1) is 0 Å². The molecule has 1 aliphatic rings. The molecule has 0 unspecified atom stereocenters. The first-order chi connectivity index (χ1) is 7.11. The van der Waals surface area contributed by atoms with E-state index in [1.54, 1.807) is 0 Å². The standard InChI is InChI=1S/C8H18N2O5/c9-1-2-14-8-5(10)7(13)6(12)4(3-11)15-8/h4-8,11-13H,1-3,9-10H2/t4-,5-,6+,7-,8-/m1/s1. The van der Waals surface area contributed by atoms with Crippen molar-refractivity contribution in [2.45, 2.75) is 30.6 Å². The van der Waals surface area contributed by atoms with Crippen molar-refractivity contribution in [3.8, 4) is 0 Å². The topological polar surface area (TPSA) is 131 Å². The smallest absolute Gasteiger partial charge is 0.175 e. The van der Waals surface area contributed by atoms with Crippen LogP contribution < -0.4 is 11.5 Å². The normalized spacial score (nSPS) is 41.8. The van der Waals surface area contributed by atoms with E-state index in [1.807, 2.05) is 0 Å². The minimum atomic E-state index is -1.21. The highest BCUT2D eigenvalue weighted by Crippen LogP contribution is 2.20. The van der Waals surface area contributed by atoms with E-state index in [1.165, 1.54) is 0 Å². The summed E-state index contributed by atoms with van der Waals surface area (Å²) < 4.78 is 10.3. The van der Waals surface area contributed by atoms with Gasteiger partial charge in [0, 0.05) is 6.54 Å². The average Bonchev–Trinajstić information content (AvgIpc) is 2.25. The average molecular weight is 222 g/mol. The lowest BCUT2D eigenvalue weighted by Gasteiger charge is -2.40. The predicted molar refractivity (Wildman–Crippen MR) is 50.7 cm³/mol. The molecule has 7 heteroatoms. The van der Waals surface area contributed by atoms with Gasteiger partial charge in [0.1, 0.15) is 18.3 Å². The van der Waals surface area contributed by atoms with Gasteiger partial charge in [-0.15, -0.1) is 0 Å². The maximum atomic E-state index is 9.54. The maximum absolute atomic E-state index is 9.54. The zero-order valence-electron chi connectivity index (χ0n) is 8.32. The summed E-state index contributed by atoms with van der Waals surface area (Å²) in [6.45, 7) is 0.127. The molecule has 7 nitrogen and oxygen atoms in total. The Morgan fingerprint density at radius 3 is 2.47 bits per heavy atom. The molecule has 90 valence electrons. The minimum Gasteiger partial charge on any atom is -0.394 e. The van der Waals surface area contributed by atoms with Crippen LogP contribution in [0.4, 0.5) is 0 Å². The molecule has 1 aliphatic heterocycles. The van der Waals surface area contributed by atoms with Crippen LogP contribution in [0.15, 0.2) is 0 Å². The Kier molecular flexibility index (Phi) is 4.87. The van der Waals surface area contributed by atoms with Crippen molar-refractivity contribution in [2.75, 3.05) is 19.8 Å². The number of rotatable bonds is 4. The summed E-state index contributed by atoms with van der Waals surface area (Å²) in [5.74, 6) is 0. The molecule has 0 amide bonds. The number of hydrogen-bond acceptors (Lipinski definition) is 7. The summed E-state index contributed by atoms with van der Waals surface area (Å²) in [7, 11) is 0. The summed E-state index contributed by atoms with van der Waals surface area (Å²) in [6.07, 6.45) is -4.13. The molecule has 0 aliphatic carbocycles. The zero-order chi connectivity index (χ0) is 11.4. The van der Waals surface area contributed by atoms with Crippen LogP contribution >= 0.6 is 0 Å². The number of hydrogen-bond donors (Lipinski definition) is 5. The first-order valence-corrected chi connectivity index (χ1v) is 4.81. The second kappa shape index (κ2) is 5.71. The number of ether oxygens (including phenoxy) is 2. The third kappa shape index (κ3) is 2.85. The molecular formula is C8H18N2O5. The lowest BCUT2D eigenvalue weighted by Crippen LogP contribution is -2.62. The number of nitrogens with two attached hydrogens (primary N) is 2. The van der Waals surface area contributed by atoms with E-state index in [-0.39, 0.29) is 6.61 Å². The highest BCUT2D eigenvalue weighted by Gasteiger charge is 2.42. The van der Waals surface area contributed by atoms with Gasteiger partial charge in [-0.05, 0) is 0 Å². The molecule has 7 N–H and O–H groups in total. The summed E-state index contributed by atoms with van der Waals surface area (Å²) in [6, 6.07) is -0.852. The van der Waals surface area contributed by atoms with Gasteiger partial charge in [-0.25, -0.2) is 0 Å². The van der Waals surface area contributed by atoms with E-state index in [4.69, 9.17) is 26.0 Å². The molecule has 0 aromatic heterocycles. The van der Waals surface area contributed by atoms with Gasteiger partial charge in [0.15, 0.2) is 6.29 Å². The van der Waals surface area contributed by atoms with Gasteiger partial charge in [-0.3, -0.25) is 0 Å². The van der Waals surface area contributed by atoms with Crippen LogP contribution in [0.5, 0.6) is 0 Å². The van der Waals surface area contributed by atoms with Crippen LogP contribution in [0.2, 0.25) is 0 Å². The van der Waals surface area contributed by atoms with E-state index < -0.39 is 37.3 Å². The van der Waals surface area contributed by atoms with Gasteiger partial charge in [0.25, 0.3) is 0 Å². The first kappa shape index (κ1) is 12.8. The summed E-state index contributed by atoms with van der Waals surface area (Å²) in [4.78, 5) is 0. The van der Waals surface area contributed by atoms with E-state index in [9.17, 15) is 10.2 Å². The van der Waals surface area contributed by atoms with Crippen molar-refractivity contribution in [2.24, 2.45) is 11.5 Å². The van der Waals surface area contributed by atoms with Gasteiger partial charge in [0.05, 0.1) is 19.3 Å². The molecule has 0 aromatic carbocycles. The number of aliphatic hydroxyl groups is 3. The van der Waals surface area contributed by atoms with E-state index in [0.717, 1.165) is 0 Å². The Hall–Kier alpha value is -0.280. The van der Waals surface area contributed by atoms with Gasteiger partial charge < -0.3 is 36.3 Å². The first-order valence-electron chi connectivity index (χ1n) is 4.81. The lowest BCUT2D eigenvalue weighted by atomic mass is 9.98. The lowest BCUT2D eigenvalue weighted by molar-refractivity contribution is -0.264. The van der Waals surface area contributed by atoms with Crippen molar-refractivity contribution in [1.82, 2.24) is 0 Å². The Morgan fingerprint density at radius 2 is 1.93 bits per heavy atom. The predicted octanol–water partition coefficient (Wildman–Crippen LogP) is -3.27. The number of aliphatic hydroxyl groups excluding tert-OH is 3. The fraction of sp³-hybridized carbons (Fsp3) is 1.00. The van der Waals surface area contributed by atoms with Crippen LogP contribution in [0.3, 0.4) is 0 Å². The fourth-order valence-electron chi connectivity index (χ4n) is 1.44. The molecule has 0 saturated carbocycles. The molecule has 0 spiro atoms. The van der Waals surface area contributed by atoms with Gasteiger partial charge in [-0.1, -0.05) is 0 Å². The molecule has 0 bridgehead atoms. The Balaban J connectivity index is 2.57. The summed E-state index contributed by atoms with van der Waals surface area (Å²) in [5.41, 5.74) is 10.8. The summed E-state index contributed by atoms with van der Waals surface area (Å²) >= 11 is 0. The van der Waals surface area contributed by atoms with Crippen molar-refractivity contribution < 1.29 is 24.8 Å². The SMILES string of the molecule is NCCO[C@@H]1O[C@H](CO)[C@H](O)[C@H](O)[C@H]1N. The van der Waals surface area contributed by atoms with Crippen molar-refractivity contribution in [3.63, 3.8) is 0 Å². The van der Waals surface area contributed by atoms with Gasteiger partial charge >= 0.3 is 0 Å². The van der Waals surface area contributed by atoms with Gasteiger partial charge in [-0.2, -0.15) is 0 Å². The quantitative estimate of drug-likeness (QED) is 0.337. The monoisotopic (exact) mass is 222 g/mol. The summed E-state index contributed by atoms with van der Waals surface area (Å²) in [5, 5.41) is 27.9. The molecule has 1 saturated heterocycles. The highest BCUT2D eigenvalue weighted by molar-refractivity contribution is 4.91. The Bertz CT molecular complexity index is 192.